The van der Waals surface area contributed by atoms with Gasteiger partial charge in [-0.05, 0) is 12.8 Å². The first kappa shape index (κ1) is 19.1. The molecule has 0 spiro atoms. The second kappa shape index (κ2) is 9.79. The highest BCUT2D eigenvalue weighted by molar-refractivity contribution is 7.86. The summed E-state index contributed by atoms with van der Waals surface area (Å²) < 4.78 is 56.0. The molecule has 0 aromatic carbocycles. The van der Waals surface area contributed by atoms with Crippen LogP contribution in [0.2, 0.25) is 0 Å². The normalized spacial score (nSPS) is 10.7. The zero-order chi connectivity index (χ0) is 14.7. The highest BCUT2D eigenvalue weighted by Gasteiger charge is 2.02. The van der Waals surface area contributed by atoms with Crippen LogP contribution in [-0.2, 0) is 20.2 Å². The van der Waals surface area contributed by atoms with Crippen LogP contribution in [0.5, 0.6) is 0 Å². The maximum atomic E-state index is 9.95. The molecule has 0 heterocycles. The van der Waals surface area contributed by atoms with Gasteiger partial charge in [0.1, 0.15) is 0 Å². The fourth-order valence-electron chi connectivity index (χ4n) is 0.667. The Morgan fingerprint density at radius 2 is 1.06 bits per heavy atom. The molecule has 8 nitrogen and oxygen atoms in total. The first-order valence-corrected chi connectivity index (χ1v) is 7.98. The van der Waals surface area contributed by atoms with Gasteiger partial charge < -0.3 is 0 Å². The molecule has 0 aliphatic rings. The highest BCUT2D eigenvalue weighted by Crippen LogP contribution is 1.91. The molecule has 0 saturated carbocycles. The molecular weight excluding hydrogens is 284 g/mol. The molecule has 0 radical (unpaired) electrons. The number of hydrogen-bond acceptors (Lipinski definition) is 6. The van der Waals surface area contributed by atoms with E-state index in [9.17, 15) is 16.8 Å². The molecule has 0 aliphatic carbocycles. The minimum absolute atomic E-state index is 0.166. The second-order valence-electron chi connectivity index (χ2n) is 3.10. The van der Waals surface area contributed by atoms with Gasteiger partial charge in [-0.2, -0.15) is 27.4 Å². The van der Waals surface area contributed by atoms with E-state index in [0.29, 0.717) is 0 Å². The quantitative estimate of drug-likeness (QED) is 0.525. The van der Waals surface area contributed by atoms with Crippen LogP contribution in [-0.4, -0.2) is 37.4 Å². The van der Waals surface area contributed by atoms with Crippen molar-refractivity contribution in [2.24, 2.45) is 0 Å². The third-order valence-electron chi connectivity index (χ3n) is 1.38. The third kappa shape index (κ3) is 24.2. The van der Waals surface area contributed by atoms with Gasteiger partial charge in [-0.15, -0.1) is 0 Å². The molecule has 18 heavy (non-hydrogen) atoms. The van der Waals surface area contributed by atoms with Crippen LogP contribution in [0, 0.1) is 22.7 Å². The van der Waals surface area contributed by atoms with Crippen molar-refractivity contribution >= 4 is 20.2 Å². The van der Waals surface area contributed by atoms with Crippen LogP contribution in [0.4, 0.5) is 0 Å². The van der Waals surface area contributed by atoms with E-state index in [2.05, 4.69) is 0 Å². The Balaban J connectivity index is 0. The lowest BCUT2D eigenvalue weighted by Crippen LogP contribution is -2.02. The molecule has 104 valence electrons. The molecule has 0 aliphatic heterocycles. The molecule has 0 unspecified atom stereocenters. The fourth-order valence-corrected chi connectivity index (χ4v) is 1.69. The van der Waals surface area contributed by atoms with Gasteiger partial charge in [-0.25, -0.2) is 0 Å². The Morgan fingerprint density at radius 1 is 0.778 bits per heavy atom. The monoisotopic (exact) mass is 298 g/mol. The Morgan fingerprint density at radius 3 is 1.22 bits per heavy atom. The van der Waals surface area contributed by atoms with Gasteiger partial charge >= 0.3 is 0 Å². The number of hydrogen-bond donors (Lipinski definition) is 2. The van der Waals surface area contributed by atoms with Gasteiger partial charge in [0.2, 0.25) is 0 Å². The smallest absolute Gasteiger partial charge is 0.264 e. The summed E-state index contributed by atoms with van der Waals surface area (Å²) in [7, 11) is -7.69. The summed E-state index contributed by atoms with van der Waals surface area (Å²) >= 11 is 0. The summed E-state index contributed by atoms with van der Waals surface area (Å²) in [4.78, 5) is 0. The topological polar surface area (TPSA) is 156 Å². The van der Waals surface area contributed by atoms with Gasteiger partial charge in [0.15, 0.2) is 0 Å². The molecule has 2 N–H and O–H groups in total. The number of nitriles is 2. The van der Waals surface area contributed by atoms with Crippen molar-refractivity contribution in [1.82, 2.24) is 0 Å². The fraction of sp³-hybridized carbons (Fsp3) is 0.750. The molecule has 10 heteroatoms. The Kier molecular flexibility index (Phi) is 10.4. The Labute approximate surface area is 106 Å². The van der Waals surface area contributed by atoms with Gasteiger partial charge in [0, 0.05) is 12.8 Å². The molecule has 0 amide bonds. The van der Waals surface area contributed by atoms with E-state index in [0.717, 1.165) is 0 Å². The molecule has 0 bridgehead atoms. The molecular formula is C8H14N2O6S2. The largest absolute Gasteiger partial charge is 0.286 e. The van der Waals surface area contributed by atoms with Gasteiger partial charge in [-0.3, -0.25) is 9.11 Å². The van der Waals surface area contributed by atoms with Crippen molar-refractivity contribution in [1.29, 1.82) is 10.5 Å². The van der Waals surface area contributed by atoms with Crippen LogP contribution in [0.1, 0.15) is 25.7 Å². The van der Waals surface area contributed by atoms with E-state index in [-0.39, 0.29) is 37.2 Å². The zero-order valence-corrected chi connectivity index (χ0v) is 11.1. The summed E-state index contributed by atoms with van der Waals surface area (Å²) in [6.07, 6.45) is 0.740. The lowest BCUT2D eigenvalue weighted by molar-refractivity contribution is 0.479. The summed E-state index contributed by atoms with van der Waals surface area (Å²) in [5.41, 5.74) is 0. The first-order chi connectivity index (χ1) is 8.12. The summed E-state index contributed by atoms with van der Waals surface area (Å²) in [5, 5.41) is 15.9. The van der Waals surface area contributed by atoms with Gasteiger partial charge in [0.25, 0.3) is 20.2 Å². The minimum Gasteiger partial charge on any atom is -0.286 e. The predicted molar refractivity (Wildman–Crippen MR) is 62.5 cm³/mol. The lowest BCUT2D eigenvalue weighted by atomic mass is 10.4. The average molecular weight is 298 g/mol. The van der Waals surface area contributed by atoms with Crippen LogP contribution in [0.15, 0.2) is 0 Å². The summed E-state index contributed by atoms with van der Waals surface area (Å²) in [5.74, 6) is -0.638. The van der Waals surface area contributed by atoms with E-state index >= 15 is 0 Å². The molecule has 0 aromatic rings. The van der Waals surface area contributed by atoms with Crippen molar-refractivity contribution in [2.45, 2.75) is 25.7 Å². The van der Waals surface area contributed by atoms with Crippen LogP contribution in [0.3, 0.4) is 0 Å². The number of unbranched alkanes of at least 4 members (excludes halogenated alkanes) is 2. The van der Waals surface area contributed by atoms with E-state index in [1.807, 2.05) is 0 Å². The minimum atomic E-state index is -3.85. The number of nitrogens with zero attached hydrogens (tertiary/aromatic N) is 2. The molecule has 0 aromatic heterocycles. The highest BCUT2D eigenvalue weighted by atomic mass is 32.2. The van der Waals surface area contributed by atoms with E-state index in [4.69, 9.17) is 19.6 Å². The van der Waals surface area contributed by atoms with E-state index in [1.165, 1.54) is 0 Å². The lowest BCUT2D eigenvalue weighted by Gasteiger charge is -1.89. The average Bonchev–Trinajstić information content (AvgIpc) is 2.16. The van der Waals surface area contributed by atoms with Crippen molar-refractivity contribution < 1.29 is 25.9 Å². The summed E-state index contributed by atoms with van der Waals surface area (Å²) in [6, 6.07) is 3.53. The second-order valence-corrected chi connectivity index (χ2v) is 6.24. The maximum absolute atomic E-state index is 9.95. The maximum Gasteiger partial charge on any atom is 0.264 e. The third-order valence-corrected chi connectivity index (χ3v) is 2.99. The zero-order valence-electron chi connectivity index (χ0n) is 9.48. The van der Waals surface area contributed by atoms with Crippen molar-refractivity contribution in [3.05, 3.63) is 0 Å². The van der Waals surface area contributed by atoms with Gasteiger partial charge in [-0.1, -0.05) is 0 Å². The molecule has 0 saturated heterocycles. The predicted octanol–water partition coefficient (Wildman–Crippen LogP) is 0.356. The van der Waals surface area contributed by atoms with Crippen molar-refractivity contribution in [2.75, 3.05) is 11.5 Å². The van der Waals surface area contributed by atoms with Crippen molar-refractivity contribution in [3.8, 4) is 12.1 Å². The van der Waals surface area contributed by atoms with Crippen LogP contribution < -0.4 is 0 Å². The standard InChI is InChI=1S/2C4H7NO3S/c2*5-3-1-2-4-9(6,7)8/h2*1-2,4H2,(H,6,7,8). The first-order valence-electron chi connectivity index (χ1n) is 4.76. The Bertz CT molecular complexity index is 449. The van der Waals surface area contributed by atoms with Gasteiger partial charge in [0.05, 0.1) is 23.6 Å². The SMILES string of the molecule is N#CCCCS(=O)(=O)O.N#CCCCS(=O)(=O)O. The summed E-state index contributed by atoms with van der Waals surface area (Å²) in [6.45, 7) is 0. The molecule has 0 rings (SSSR count). The van der Waals surface area contributed by atoms with Crippen LogP contribution in [0.25, 0.3) is 0 Å². The van der Waals surface area contributed by atoms with Crippen LogP contribution >= 0.6 is 0 Å². The van der Waals surface area contributed by atoms with Crippen molar-refractivity contribution in [3.63, 3.8) is 0 Å². The molecule has 0 fully saturated rings. The number of rotatable bonds is 6. The van der Waals surface area contributed by atoms with E-state index < -0.39 is 20.2 Å². The van der Waals surface area contributed by atoms with E-state index in [1.54, 1.807) is 12.1 Å². The Hall–Kier alpha value is -1.20. The molecule has 0 atom stereocenters.